The number of anilines is 1. The first-order chi connectivity index (χ1) is 9.22. The van der Waals surface area contributed by atoms with Gasteiger partial charge in [-0.25, -0.2) is 9.97 Å². The summed E-state index contributed by atoms with van der Waals surface area (Å²) in [5.74, 6) is -0.0794. The van der Waals surface area contributed by atoms with Crippen molar-refractivity contribution in [3.05, 3.63) is 53.6 Å². The zero-order valence-corrected chi connectivity index (χ0v) is 11.0. The number of hydrogen-bond acceptors (Lipinski definition) is 4. The largest absolute Gasteiger partial charge is 0.381 e. The Bertz CT molecular complexity index is 569. The van der Waals surface area contributed by atoms with Gasteiger partial charge in [-0.2, -0.15) is 0 Å². The lowest BCUT2D eigenvalue weighted by atomic mass is 10.1. The van der Waals surface area contributed by atoms with Gasteiger partial charge >= 0.3 is 0 Å². The maximum atomic E-state index is 11.7. The lowest BCUT2D eigenvalue weighted by Gasteiger charge is -2.12. The van der Waals surface area contributed by atoms with Crippen LogP contribution in [0.25, 0.3) is 0 Å². The second-order valence-electron chi connectivity index (χ2n) is 4.16. The third-order valence-corrected chi connectivity index (χ3v) is 2.90. The Morgan fingerprint density at radius 1 is 1.26 bits per heavy atom. The molecule has 0 aliphatic carbocycles. The fourth-order valence-corrected chi connectivity index (χ4v) is 1.83. The topological polar surface area (TPSA) is 66.9 Å². The van der Waals surface area contributed by atoms with Crippen molar-refractivity contribution in [3.63, 3.8) is 0 Å². The number of nitrogens with one attached hydrogen (secondary N) is 2. The molecule has 0 aliphatic heterocycles. The average molecular weight is 256 g/mol. The van der Waals surface area contributed by atoms with Gasteiger partial charge in [0.1, 0.15) is 6.33 Å². The van der Waals surface area contributed by atoms with Crippen molar-refractivity contribution in [1.82, 2.24) is 15.3 Å². The smallest absolute Gasteiger partial charge is 0.251 e. The quantitative estimate of drug-likeness (QED) is 0.874. The van der Waals surface area contributed by atoms with Crippen molar-refractivity contribution >= 4 is 11.6 Å². The minimum atomic E-state index is -0.0794. The molecule has 1 amide bonds. The Hall–Kier alpha value is -2.43. The third-order valence-electron chi connectivity index (χ3n) is 2.90. The van der Waals surface area contributed by atoms with Crippen LogP contribution in [0.2, 0.25) is 0 Å². The molecule has 0 aliphatic rings. The van der Waals surface area contributed by atoms with Crippen LogP contribution in [-0.4, -0.2) is 22.9 Å². The highest BCUT2D eigenvalue weighted by atomic mass is 16.1. The molecular weight excluding hydrogens is 240 g/mol. The molecule has 0 spiro atoms. The number of nitrogens with zero attached hydrogens (tertiary/aromatic N) is 2. The highest BCUT2D eigenvalue weighted by Gasteiger charge is 2.09. The van der Waals surface area contributed by atoms with Crippen molar-refractivity contribution in [2.75, 3.05) is 12.4 Å². The van der Waals surface area contributed by atoms with Crippen molar-refractivity contribution in [3.8, 4) is 0 Å². The summed E-state index contributed by atoms with van der Waals surface area (Å²) in [7, 11) is 1.63. The molecule has 1 heterocycles. The summed E-state index contributed by atoms with van der Waals surface area (Å²) < 4.78 is 0. The molecule has 0 fully saturated rings. The number of benzene rings is 1. The van der Waals surface area contributed by atoms with Gasteiger partial charge in [-0.05, 0) is 24.6 Å². The zero-order chi connectivity index (χ0) is 13.7. The molecule has 5 heteroatoms. The SMILES string of the molecule is CNC(=O)c1cccc(NCc2cncnc2)c1C. The molecule has 2 N–H and O–H groups in total. The molecule has 1 aromatic carbocycles. The molecule has 2 rings (SSSR count). The minimum Gasteiger partial charge on any atom is -0.381 e. The first-order valence-electron chi connectivity index (χ1n) is 6.02. The molecule has 19 heavy (non-hydrogen) atoms. The Labute approximate surface area is 112 Å². The van der Waals surface area contributed by atoms with Crippen LogP contribution in [0.3, 0.4) is 0 Å². The molecule has 0 atom stereocenters. The molecule has 0 bridgehead atoms. The van der Waals surface area contributed by atoms with Gasteiger partial charge in [-0.1, -0.05) is 6.07 Å². The molecular formula is C14H16N4O. The predicted octanol–water partition coefficient (Wildman–Crippen LogP) is 1.76. The standard InChI is InChI=1S/C14H16N4O/c1-10-12(14(19)15-2)4-3-5-13(10)18-8-11-6-16-9-17-7-11/h3-7,9,18H,8H2,1-2H3,(H,15,19). The first-order valence-corrected chi connectivity index (χ1v) is 6.02. The van der Waals surface area contributed by atoms with E-state index in [1.54, 1.807) is 19.4 Å². The van der Waals surface area contributed by atoms with Crippen LogP contribution in [0.15, 0.2) is 36.9 Å². The lowest BCUT2D eigenvalue weighted by molar-refractivity contribution is 0.0962. The van der Waals surface area contributed by atoms with E-state index in [0.717, 1.165) is 16.8 Å². The highest BCUT2D eigenvalue weighted by Crippen LogP contribution is 2.19. The summed E-state index contributed by atoms with van der Waals surface area (Å²) >= 11 is 0. The van der Waals surface area contributed by atoms with Gasteiger partial charge in [-0.3, -0.25) is 4.79 Å². The highest BCUT2D eigenvalue weighted by molar-refractivity contribution is 5.96. The van der Waals surface area contributed by atoms with Gasteiger partial charge in [0.25, 0.3) is 5.91 Å². The van der Waals surface area contributed by atoms with Gasteiger partial charge in [0.15, 0.2) is 0 Å². The number of rotatable bonds is 4. The van der Waals surface area contributed by atoms with Crippen molar-refractivity contribution in [2.24, 2.45) is 0 Å². The normalized spacial score (nSPS) is 10.0. The Kier molecular flexibility index (Phi) is 4.07. The summed E-state index contributed by atoms with van der Waals surface area (Å²) in [5, 5.41) is 5.92. The summed E-state index contributed by atoms with van der Waals surface area (Å²) in [6.45, 7) is 2.55. The summed E-state index contributed by atoms with van der Waals surface area (Å²) in [4.78, 5) is 19.6. The molecule has 0 saturated heterocycles. The van der Waals surface area contributed by atoms with Crippen LogP contribution in [0.1, 0.15) is 21.5 Å². The van der Waals surface area contributed by atoms with E-state index in [-0.39, 0.29) is 5.91 Å². The second-order valence-corrected chi connectivity index (χ2v) is 4.16. The van der Waals surface area contributed by atoms with Crippen LogP contribution in [0, 0.1) is 6.92 Å². The first kappa shape index (κ1) is 13.0. The number of carbonyl (C=O) groups is 1. The van der Waals surface area contributed by atoms with E-state index in [9.17, 15) is 4.79 Å². The van der Waals surface area contributed by atoms with Crippen LogP contribution in [0.5, 0.6) is 0 Å². The maximum Gasteiger partial charge on any atom is 0.251 e. The third kappa shape index (κ3) is 3.07. The Morgan fingerprint density at radius 2 is 2.00 bits per heavy atom. The van der Waals surface area contributed by atoms with Crippen LogP contribution in [-0.2, 0) is 6.54 Å². The van der Waals surface area contributed by atoms with E-state index < -0.39 is 0 Å². The molecule has 0 unspecified atom stereocenters. The fourth-order valence-electron chi connectivity index (χ4n) is 1.83. The van der Waals surface area contributed by atoms with Gasteiger partial charge < -0.3 is 10.6 Å². The van der Waals surface area contributed by atoms with Crippen LogP contribution < -0.4 is 10.6 Å². The maximum absolute atomic E-state index is 11.7. The van der Waals surface area contributed by atoms with E-state index in [2.05, 4.69) is 20.6 Å². The van der Waals surface area contributed by atoms with E-state index in [1.165, 1.54) is 6.33 Å². The van der Waals surface area contributed by atoms with Gasteiger partial charge in [0.05, 0.1) is 0 Å². The molecule has 0 radical (unpaired) electrons. The number of carbonyl (C=O) groups excluding carboxylic acids is 1. The van der Waals surface area contributed by atoms with Crippen LogP contribution >= 0.6 is 0 Å². The zero-order valence-electron chi connectivity index (χ0n) is 11.0. The van der Waals surface area contributed by atoms with Crippen molar-refractivity contribution < 1.29 is 4.79 Å². The van der Waals surface area contributed by atoms with Crippen molar-refractivity contribution in [1.29, 1.82) is 0 Å². The van der Waals surface area contributed by atoms with Gasteiger partial charge in [-0.15, -0.1) is 0 Å². The molecule has 5 nitrogen and oxygen atoms in total. The minimum absolute atomic E-state index is 0.0794. The van der Waals surface area contributed by atoms with E-state index in [4.69, 9.17) is 0 Å². The number of aromatic nitrogens is 2. The van der Waals surface area contributed by atoms with Crippen molar-refractivity contribution in [2.45, 2.75) is 13.5 Å². The lowest BCUT2D eigenvalue weighted by Crippen LogP contribution is -2.19. The molecule has 1 aromatic heterocycles. The number of hydrogen-bond donors (Lipinski definition) is 2. The summed E-state index contributed by atoms with van der Waals surface area (Å²) in [6.07, 6.45) is 5.02. The summed E-state index contributed by atoms with van der Waals surface area (Å²) in [5.41, 5.74) is 3.53. The Morgan fingerprint density at radius 3 is 2.68 bits per heavy atom. The molecule has 98 valence electrons. The van der Waals surface area contributed by atoms with E-state index in [0.29, 0.717) is 12.1 Å². The summed E-state index contributed by atoms with van der Waals surface area (Å²) in [6, 6.07) is 5.62. The monoisotopic (exact) mass is 256 g/mol. The average Bonchev–Trinajstić information content (AvgIpc) is 2.46. The van der Waals surface area contributed by atoms with Crippen LogP contribution in [0.4, 0.5) is 5.69 Å². The van der Waals surface area contributed by atoms with E-state index in [1.807, 2.05) is 25.1 Å². The molecule has 0 saturated carbocycles. The second kappa shape index (κ2) is 5.95. The van der Waals surface area contributed by atoms with E-state index >= 15 is 0 Å². The van der Waals surface area contributed by atoms with Gasteiger partial charge in [0.2, 0.25) is 0 Å². The number of amides is 1. The van der Waals surface area contributed by atoms with Gasteiger partial charge in [0, 0.05) is 42.8 Å². The predicted molar refractivity (Wildman–Crippen MR) is 73.9 cm³/mol. The fraction of sp³-hybridized carbons (Fsp3) is 0.214. The molecule has 2 aromatic rings. The Balaban J connectivity index is 2.15.